The standard InChI is InChI=1S/C15H28N2/c1-5-7-8-11-17-12-9-15(16-10-6-2)13(3)14(17)4/h1,13-16H,6-12H2,2-4H3. The average Bonchev–Trinajstić information content (AvgIpc) is 2.34. The van der Waals surface area contributed by atoms with Crippen LogP contribution in [0.3, 0.4) is 0 Å². The summed E-state index contributed by atoms with van der Waals surface area (Å²) in [6, 6.07) is 1.38. The smallest absolute Gasteiger partial charge is 0.0120 e. The number of terminal acetylenes is 1. The summed E-state index contributed by atoms with van der Waals surface area (Å²) in [7, 11) is 0. The molecule has 3 atom stereocenters. The number of piperidine rings is 1. The highest BCUT2D eigenvalue weighted by atomic mass is 15.2. The van der Waals surface area contributed by atoms with Crippen molar-refractivity contribution < 1.29 is 0 Å². The first-order chi connectivity index (χ1) is 8.20. The first kappa shape index (κ1) is 14.5. The molecule has 1 aliphatic heterocycles. The summed E-state index contributed by atoms with van der Waals surface area (Å²) in [6.45, 7) is 10.5. The average molecular weight is 236 g/mol. The number of hydrogen-bond donors (Lipinski definition) is 1. The van der Waals surface area contributed by atoms with Gasteiger partial charge in [-0.3, -0.25) is 0 Å². The number of rotatable bonds is 6. The molecule has 1 N–H and O–H groups in total. The fourth-order valence-corrected chi connectivity index (χ4v) is 2.76. The van der Waals surface area contributed by atoms with Gasteiger partial charge in [-0.2, -0.15) is 0 Å². The van der Waals surface area contributed by atoms with Gasteiger partial charge < -0.3 is 10.2 Å². The Labute approximate surface area is 107 Å². The zero-order valence-electron chi connectivity index (χ0n) is 11.7. The molecule has 3 unspecified atom stereocenters. The third-order valence-corrected chi connectivity index (χ3v) is 4.12. The van der Waals surface area contributed by atoms with Crippen LogP contribution in [-0.4, -0.2) is 36.6 Å². The van der Waals surface area contributed by atoms with Gasteiger partial charge in [-0.05, 0) is 51.7 Å². The van der Waals surface area contributed by atoms with Gasteiger partial charge in [-0.25, -0.2) is 0 Å². The molecule has 0 bridgehead atoms. The third-order valence-electron chi connectivity index (χ3n) is 4.12. The van der Waals surface area contributed by atoms with Crippen molar-refractivity contribution in [1.29, 1.82) is 0 Å². The van der Waals surface area contributed by atoms with Crippen LogP contribution in [0.5, 0.6) is 0 Å². The van der Waals surface area contributed by atoms with Gasteiger partial charge in [0.2, 0.25) is 0 Å². The van der Waals surface area contributed by atoms with Crippen LogP contribution in [0.25, 0.3) is 0 Å². The van der Waals surface area contributed by atoms with Crippen molar-refractivity contribution in [3.8, 4) is 12.3 Å². The molecule has 98 valence electrons. The van der Waals surface area contributed by atoms with Crippen molar-refractivity contribution in [2.45, 2.75) is 58.5 Å². The second-order valence-electron chi connectivity index (χ2n) is 5.29. The summed E-state index contributed by atoms with van der Waals surface area (Å²) in [5.74, 6) is 3.47. The lowest BCUT2D eigenvalue weighted by atomic mass is 9.87. The number of unbranched alkanes of at least 4 members (excludes halogenated alkanes) is 1. The second-order valence-corrected chi connectivity index (χ2v) is 5.29. The minimum atomic E-state index is 0.677. The van der Waals surface area contributed by atoms with Gasteiger partial charge in [0.1, 0.15) is 0 Å². The van der Waals surface area contributed by atoms with E-state index in [1.807, 2.05) is 0 Å². The van der Waals surface area contributed by atoms with Crippen LogP contribution in [0.4, 0.5) is 0 Å². The first-order valence-electron chi connectivity index (χ1n) is 7.11. The molecule has 1 saturated heterocycles. The van der Waals surface area contributed by atoms with E-state index < -0.39 is 0 Å². The van der Waals surface area contributed by atoms with E-state index >= 15 is 0 Å². The van der Waals surface area contributed by atoms with E-state index in [-0.39, 0.29) is 0 Å². The molecule has 0 spiro atoms. The van der Waals surface area contributed by atoms with Gasteiger partial charge >= 0.3 is 0 Å². The lowest BCUT2D eigenvalue weighted by Crippen LogP contribution is -2.53. The molecule has 0 aromatic carbocycles. The highest BCUT2D eigenvalue weighted by Gasteiger charge is 2.31. The molecule has 0 aromatic heterocycles. The maximum atomic E-state index is 5.30. The molecule has 0 amide bonds. The quantitative estimate of drug-likeness (QED) is 0.563. The van der Waals surface area contributed by atoms with Crippen molar-refractivity contribution >= 4 is 0 Å². The Balaban J connectivity index is 2.36. The Bertz CT molecular complexity index is 244. The predicted octanol–water partition coefficient (Wildman–Crippen LogP) is 2.50. The summed E-state index contributed by atoms with van der Waals surface area (Å²) < 4.78 is 0. The Morgan fingerprint density at radius 3 is 2.82 bits per heavy atom. The molecule has 2 nitrogen and oxygen atoms in total. The third kappa shape index (κ3) is 4.33. The van der Waals surface area contributed by atoms with Crippen LogP contribution in [0.15, 0.2) is 0 Å². The van der Waals surface area contributed by atoms with Gasteiger partial charge in [-0.15, -0.1) is 12.3 Å². The minimum Gasteiger partial charge on any atom is -0.314 e. The fraction of sp³-hybridized carbons (Fsp3) is 0.867. The van der Waals surface area contributed by atoms with E-state index in [1.165, 1.54) is 19.4 Å². The second kappa shape index (κ2) is 7.74. The molecule has 2 heteroatoms. The van der Waals surface area contributed by atoms with Crippen LogP contribution < -0.4 is 5.32 Å². The van der Waals surface area contributed by atoms with Crippen LogP contribution in [0.2, 0.25) is 0 Å². The molecule has 0 aliphatic carbocycles. The van der Waals surface area contributed by atoms with Crippen molar-refractivity contribution in [3.05, 3.63) is 0 Å². The molecule has 0 radical (unpaired) electrons. The summed E-state index contributed by atoms with van der Waals surface area (Å²) in [6.07, 6.45) is 9.86. The SMILES string of the molecule is C#CCCCN1CCC(NCCC)C(C)C1C. The monoisotopic (exact) mass is 236 g/mol. The van der Waals surface area contributed by atoms with E-state index in [0.717, 1.165) is 31.8 Å². The minimum absolute atomic E-state index is 0.677. The van der Waals surface area contributed by atoms with Crippen molar-refractivity contribution in [3.63, 3.8) is 0 Å². The van der Waals surface area contributed by atoms with Crippen molar-refractivity contribution in [2.24, 2.45) is 5.92 Å². The van der Waals surface area contributed by atoms with Gasteiger partial charge in [0, 0.05) is 18.5 Å². The summed E-state index contributed by atoms with van der Waals surface area (Å²) in [5, 5.41) is 3.68. The zero-order chi connectivity index (χ0) is 12.7. The molecule has 17 heavy (non-hydrogen) atoms. The maximum Gasteiger partial charge on any atom is 0.0120 e. The van der Waals surface area contributed by atoms with E-state index in [9.17, 15) is 0 Å². The molecule has 1 fully saturated rings. The molecule has 1 heterocycles. The maximum absolute atomic E-state index is 5.30. The van der Waals surface area contributed by atoms with E-state index in [2.05, 4.69) is 36.9 Å². The Morgan fingerprint density at radius 2 is 2.18 bits per heavy atom. The number of hydrogen-bond acceptors (Lipinski definition) is 2. The van der Waals surface area contributed by atoms with Crippen molar-refractivity contribution in [2.75, 3.05) is 19.6 Å². The van der Waals surface area contributed by atoms with Crippen LogP contribution in [0, 0.1) is 18.3 Å². The van der Waals surface area contributed by atoms with Crippen LogP contribution in [-0.2, 0) is 0 Å². The highest BCUT2D eigenvalue weighted by molar-refractivity contribution is 4.89. The molecular formula is C15H28N2. The summed E-state index contributed by atoms with van der Waals surface area (Å²) >= 11 is 0. The summed E-state index contributed by atoms with van der Waals surface area (Å²) in [5.41, 5.74) is 0. The lowest BCUT2D eigenvalue weighted by Gasteiger charge is -2.43. The van der Waals surface area contributed by atoms with Gasteiger partial charge in [-0.1, -0.05) is 13.8 Å². The van der Waals surface area contributed by atoms with Gasteiger partial charge in [0.05, 0.1) is 0 Å². The Kier molecular flexibility index (Phi) is 6.62. The molecule has 1 aliphatic rings. The molecule has 0 saturated carbocycles. The molecular weight excluding hydrogens is 208 g/mol. The van der Waals surface area contributed by atoms with E-state index in [0.29, 0.717) is 12.1 Å². The molecule has 0 aromatic rings. The highest BCUT2D eigenvalue weighted by Crippen LogP contribution is 2.23. The molecule has 1 rings (SSSR count). The number of nitrogens with zero attached hydrogens (tertiary/aromatic N) is 1. The number of nitrogens with one attached hydrogen (secondary N) is 1. The van der Waals surface area contributed by atoms with Gasteiger partial charge in [0.15, 0.2) is 0 Å². The first-order valence-corrected chi connectivity index (χ1v) is 7.11. The lowest BCUT2D eigenvalue weighted by molar-refractivity contribution is 0.0844. The van der Waals surface area contributed by atoms with E-state index in [4.69, 9.17) is 6.42 Å². The predicted molar refractivity (Wildman–Crippen MR) is 75.0 cm³/mol. The Morgan fingerprint density at radius 1 is 1.41 bits per heavy atom. The fourth-order valence-electron chi connectivity index (χ4n) is 2.76. The van der Waals surface area contributed by atoms with Crippen LogP contribution >= 0.6 is 0 Å². The number of likely N-dealkylation sites (tertiary alicyclic amines) is 1. The Hall–Kier alpha value is -0.520. The van der Waals surface area contributed by atoms with E-state index in [1.54, 1.807) is 0 Å². The summed E-state index contributed by atoms with van der Waals surface area (Å²) in [4.78, 5) is 2.60. The van der Waals surface area contributed by atoms with Crippen LogP contribution in [0.1, 0.15) is 46.5 Å². The van der Waals surface area contributed by atoms with Gasteiger partial charge in [0.25, 0.3) is 0 Å². The van der Waals surface area contributed by atoms with Crippen molar-refractivity contribution in [1.82, 2.24) is 10.2 Å². The normalized spacial score (nSPS) is 30.1. The topological polar surface area (TPSA) is 15.3 Å². The largest absolute Gasteiger partial charge is 0.314 e. The zero-order valence-corrected chi connectivity index (χ0v) is 11.7.